The van der Waals surface area contributed by atoms with Crippen LogP contribution in [0.15, 0.2) is 41.5 Å². The van der Waals surface area contributed by atoms with Crippen LogP contribution in [0.2, 0.25) is 0 Å². The molecule has 0 unspecified atom stereocenters. The van der Waals surface area contributed by atoms with Crippen LogP contribution in [-0.4, -0.2) is 15.6 Å². The van der Waals surface area contributed by atoms with Crippen LogP contribution in [-0.2, 0) is 17.8 Å². The molecule has 1 aromatic heterocycles. The first-order valence-electron chi connectivity index (χ1n) is 5.69. The first-order valence-corrected chi connectivity index (χ1v) is 6.49. The molecule has 0 saturated carbocycles. The summed E-state index contributed by atoms with van der Waals surface area (Å²) in [5, 5.41) is 9.89. The Morgan fingerprint density at radius 1 is 1.39 bits per heavy atom. The van der Waals surface area contributed by atoms with Crippen molar-refractivity contribution in [3.05, 3.63) is 47.1 Å². The Morgan fingerprint density at radius 2 is 2.11 bits per heavy atom. The van der Waals surface area contributed by atoms with E-state index in [1.54, 1.807) is 0 Å². The van der Waals surface area contributed by atoms with Gasteiger partial charge < -0.3 is 9.67 Å². The number of aromatic nitrogens is 1. The van der Waals surface area contributed by atoms with Crippen LogP contribution >= 0.6 is 15.9 Å². The summed E-state index contributed by atoms with van der Waals surface area (Å²) in [5.41, 5.74) is 2.18. The van der Waals surface area contributed by atoms with Gasteiger partial charge in [-0.3, -0.25) is 4.79 Å². The lowest BCUT2D eigenvalue weighted by atomic mass is 10.1. The Hall–Kier alpha value is -1.55. The maximum Gasteiger partial charge on any atom is 0.303 e. The zero-order valence-corrected chi connectivity index (χ0v) is 11.5. The van der Waals surface area contributed by atoms with Crippen LogP contribution in [0.1, 0.15) is 12.0 Å². The second-order valence-corrected chi connectivity index (χ2v) is 5.33. The summed E-state index contributed by atoms with van der Waals surface area (Å²) in [5.74, 6) is -0.767. The fourth-order valence-electron chi connectivity index (χ4n) is 2.08. The van der Waals surface area contributed by atoms with Gasteiger partial charge in [-0.2, -0.15) is 0 Å². The van der Waals surface area contributed by atoms with Gasteiger partial charge in [-0.15, -0.1) is 0 Å². The number of rotatable bonds is 5. The minimum absolute atomic E-state index is 0.156. The van der Waals surface area contributed by atoms with E-state index in [1.807, 2.05) is 30.5 Å². The van der Waals surface area contributed by atoms with Crippen molar-refractivity contribution < 1.29 is 9.90 Å². The molecule has 18 heavy (non-hydrogen) atoms. The molecule has 0 aliphatic heterocycles. The van der Waals surface area contributed by atoms with Gasteiger partial charge in [0, 0.05) is 28.0 Å². The molecule has 4 heteroatoms. The number of aliphatic carboxylic acids is 1. The average molecular weight is 308 g/mol. The fraction of sp³-hybridized carbons (Fsp3) is 0.214. The highest BCUT2D eigenvalue weighted by molar-refractivity contribution is 9.11. The van der Waals surface area contributed by atoms with Gasteiger partial charge in [0.15, 0.2) is 0 Å². The number of fused-ring (bicyclic) bond motifs is 1. The Labute approximate surface area is 114 Å². The summed E-state index contributed by atoms with van der Waals surface area (Å²) >= 11 is 3.36. The Kier molecular flexibility index (Phi) is 3.87. The zero-order valence-electron chi connectivity index (χ0n) is 9.90. The van der Waals surface area contributed by atoms with E-state index in [4.69, 9.17) is 5.11 Å². The quantitative estimate of drug-likeness (QED) is 0.917. The largest absolute Gasteiger partial charge is 0.481 e. The van der Waals surface area contributed by atoms with Crippen molar-refractivity contribution in [1.82, 2.24) is 4.57 Å². The number of hydrogen-bond acceptors (Lipinski definition) is 1. The third-order valence-electron chi connectivity index (χ3n) is 2.82. The van der Waals surface area contributed by atoms with Gasteiger partial charge in [0.2, 0.25) is 0 Å². The van der Waals surface area contributed by atoms with E-state index in [-0.39, 0.29) is 6.42 Å². The summed E-state index contributed by atoms with van der Waals surface area (Å²) < 4.78 is 2.98. The lowest BCUT2D eigenvalue weighted by Gasteiger charge is -2.02. The monoisotopic (exact) mass is 307 g/mol. The summed E-state index contributed by atoms with van der Waals surface area (Å²) in [6, 6.07) is 8.02. The number of halogens is 1. The highest BCUT2D eigenvalue weighted by Gasteiger charge is 2.09. The molecular weight excluding hydrogens is 294 g/mol. The van der Waals surface area contributed by atoms with Gasteiger partial charge in [0.05, 0.1) is 6.54 Å². The van der Waals surface area contributed by atoms with E-state index in [0.717, 1.165) is 20.9 Å². The van der Waals surface area contributed by atoms with E-state index in [2.05, 4.69) is 27.1 Å². The van der Waals surface area contributed by atoms with Gasteiger partial charge in [0.25, 0.3) is 0 Å². The number of allylic oxidation sites excluding steroid dienone is 1. The first kappa shape index (κ1) is 12.9. The van der Waals surface area contributed by atoms with Crippen molar-refractivity contribution in [2.24, 2.45) is 0 Å². The minimum atomic E-state index is -0.767. The van der Waals surface area contributed by atoms with Crippen LogP contribution in [0.5, 0.6) is 0 Å². The van der Waals surface area contributed by atoms with Crippen LogP contribution in [0.25, 0.3) is 10.9 Å². The number of aryl methyl sites for hydroxylation is 1. The summed E-state index contributed by atoms with van der Waals surface area (Å²) in [6.45, 7) is 4.53. The number of benzene rings is 1. The Morgan fingerprint density at radius 3 is 2.78 bits per heavy atom. The molecule has 0 saturated heterocycles. The smallest absolute Gasteiger partial charge is 0.303 e. The topological polar surface area (TPSA) is 42.2 Å². The predicted molar refractivity (Wildman–Crippen MR) is 76.0 cm³/mol. The molecule has 0 bridgehead atoms. The SMILES string of the molecule is C=C(Br)Cn1cc(CCC(=O)O)c2ccccc21. The number of nitrogens with zero attached hydrogens (tertiary/aromatic N) is 1. The normalized spacial score (nSPS) is 10.7. The van der Waals surface area contributed by atoms with E-state index in [1.165, 1.54) is 0 Å². The fourth-order valence-corrected chi connectivity index (χ4v) is 2.35. The lowest BCUT2D eigenvalue weighted by Crippen LogP contribution is -1.97. The van der Waals surface area contributed by atoms with E-state index >= 15 is 0 Å². The van der Waals surface area contributed by atoms with Gasteiger partial charge in [0.1, 0.15) is 0 Å². The van der Waals surface area contributed by atoms with Gasteiger partial charge in [-0.05, 0) is 18.1 Å². The molecule has 1 aromatic carbocycles. The molecule has 2 aromatic rings. The maximum atomic E-state index is 10.7. The van der Waals surface area contributed by atoms with Crippen LogP contribution in [0.4, 0.5) is 0 Å². The van der Waals surface area contributed by atoms with Gasteiger partial charge in [-0.1, -0.05) is 40.7 Å². The molecule has 0 amide bonds. The van der Waals surface area contributed by atoms with Crippen molar-refractivity contribution in [2.75, 3.05) is 0 Å². The van der Waals surface area contributed by atoms with Crippen LogP contribution < -0.4 is 0 Å². The number of para-hydroxylation sites is 1. The van der Waals surface area contributed by atoms with Crippen LogP contribution in [0.3, 0.4) is 0 Å². The van der Waals surface area contributed by atoms with E-state index in [0.29, 0.717) is 13.0 Å². The number of carboxylic acids is 1. The number of hydrogen-bond donors (Lipinski definition) is 1. The van der Waals surface area contributed by atoms with E-state index in [9.17, 15) is 4.79 Å². The number of carbonyl (C=O) groups is 1. The molecule has 1 heterocycles. The molecule has 2 rings (SSSR count). The zero-order chi connectivity index (χ0) is 13.1. The van der Waals surface area contributed by atoms with Crippen molar-refractivity contribution in [2.45, 2.75) is 19.4 Å². The molecule has 0 fully saturated rings. The maximum absolute atomic E-state index is 10.7. The number of carboxylic acid groups (broad SMARTS) is 1. The Balaban J connectivity index is 2.40. The lowest BCUT2D eigenvalue weighted by molar-refractivity contribution is -0.136. The molecule has 0 aliphatic rings. The minimum Gasteiger partial charge on any atom is -0.481 e. The highest BCUT2D eigenvalue weighted by atomic mass is 79.9. The average Bonchev–Trinajstić information content (AvgIpc) is 2.65. The summed E-state index contributed by atoms with van der Waals surface area (Å²) in [4.78, 5) is 10.7. The van der Waals surface area contributed by atoms with Gasteiger partial charge >= 0.3 is 5.97 Å². The molecule has 0 atom stereocenters. The standard InChI is InChI=1S/C14H14BrNO2/c1-10(15)8-16-9-11(6-7-14(17)18)12-4-2-3-5-13(12)16/h2-5,9H,1,6-8H2,(H,17,18). The Bertz CT molecular complexity index is 601. The predicted octanol–water partition coefficient (Wildman–Crippen LogP) is 3.57. The molecular formula is C14H14BrNO2. The third-order valence-corrected chi connectivity index (χ3v) is 3.07. The van der Waals surface area contributed by atoms with Crippen molar-refractivity contribution in [1.29, 1.82) is 0 Å². The van der Waals surface area contributed by atoms with Crippen molar-refractivity contribution in [3.8, 4) is 0 Å². The molecule has 0 aliphatic carbocycles. The van der Waals surface area contributed by atoms with Crippen molar-refractivity contribution in [3.63, 3.8) is 0 Å². The molecule has 0 spiro atoms. The second kappa shape index (κ2) is 5.40. The third kappa shape index (κ3) is 2.82. The van der Waals surface area contributed by atoms with Crippen molar-refractivity contribution >= 4 is 32.8 Å². The highest BCUT2D eigenvalue weighted by Crippen LogP contribution is 2.24. The summed E-state index contributed by atoms with van der Waals surface area (Å²) in [7, 11) is 0. The second-order valence-electron chi connectivity index (χ2n) is 4.21. The summed E-state index contributed by atoms with van der Waals surface area (Å²) in [6.07, 6.45) is 2.72. The molecule has 1 N–H and O–H groups in total. The van der Waals surface area contributed by atoms with E-state index < -0.39 is 5.97 Å². The molecule has 94 valence electrons. The van der Waals surface area contributed by atoms with Crippen LogP contribution in [0, 0.1) is 0 Å². The van der Waals surface area contributed by atoms with Gasteiger partial charge in [-0.25, -0.2) is 0 Å². The molecule has 3 nitrogen and oxygen atoms in total. The molecule has 0 radical (unpaired) electrons. The first-order chi connectivity index (χ1) is 8.58.